The molecule has 9 rings (SSSR count). The number of carbonyl (C=O) groups is 6. The fourth-order valence-electron chi connectivity index (χ4n) is 7.70. The number of benzene rings is 6. The third-order valence-electron chi connectivity index (χ3n) is 12.1. The van der Waals surface area contributed by atoms with Gasteiger partial charge >= 0.3 is 34.1 Å². The van der Waals surface area contributed by atoms with E-state index in [1.807, 2.05) is 19.9 Å². The average molecular weight is 1200 g/mol. The number of ketones is 6. The molecule has 0 spiro atoms. The van der Waals surface area contributed by atoms with Gasteiger partial charge in [-0.1, -0.05) is 77.9 Å². The maximum atomic E-state index is 13.4. The smallest absolute Gasteiger partial charge is 0.426 e. The summed E-state index contributed by atoms with van der Waals surface area (Å²) in [6, 6.07) is 30.9. The molecule has 24 heteroatoms. The number of halogens is 12. The van der Waals surface area contributed by atoms with Crippen LogP contribution in [-0.2, 0) is 0 Å². The van der Waals surface area contributed by atoms with Crippen LogP contribution in [0.15, 0.2) is 142 Å². The number of alkyl halides is 12. The summed E-state index contributed by atoms with van der Waals surface area (Å²) in [5.41, 5.74) is 4.36. The molecule has 6 aromatic carbocycles. The molecule has 426 valence electrons. The van der Waals surface area contributed by atoms with Gasteiger partial charge in [0.1, 0.15) is 17.2 Å². The number of Topliss-reactive ketones (excluding diaryl/α,β-unsaturated/α-hetero) is 6. The highest BCUT2D eigenvalue weighted by molar-refractivity contribution is 8.01. The van der Waals surface area contributed by atoms with E-state index < -0.39 is 68.7 Å². The zero-order valence-corrected chi connectivity index (χ0v) is 44.8. The molecular weight excluding hydrogens is 1150 g/mol. The van der Waals surface area contributed by atoms with Crippen molar-refractivity contribution >= 4 is 70.0 Å². The Morgan fingerprint density at radius 1 is 0.346 bits per heavy atom. The molecule has 81 heavy (non-hydrogen) atoms. The highest BCUT2D eigenvalue weighted by Crippen LogP contribution is 2.57. The van der Waals surface area contributed by atoms with Crippen LogP contribution in [0.2, 0.25) is 0 Å². The quantitative estimate of drug-likeness (QED) is 0.0717. The van der Waals surface area contributed by atoms with Crippen LogP contribution in [0.1, 0.15) is 117 Å². The summed E-state index contributed by atoms with van der Waals surface area (Å²) in [5, 5.41) is -13.3. The van der Waals surface area contributed by atoms with Crippen LogP contribution < -0.4 is 14.2 Å². The highest BCUT2D eigenvalue weighted by Gasteiger charge is 2.65. The lowest BCUT2D eigenvalue weighted by atomic mass is 9.99. The second kappa shape index (κ2) is 24.2. The molecule has 0 aliphatic carbocycles. The zero-order valence-electron chi connectivity index (χ0n) is 42.3. The first kappa shape index (κ1) is 61.6. The SMILES string of the molecule is Cc1ccc(C(=O)CCC(=O)c2ccc3c(c2)SC(F)(F)C(F)(F)O3)cc1.Cc1cccc(C(=O)CCC(=O)c2ccc3c(c2)SC(F)(F)C(F)(F)O3)c1.Cc1ccccc1C(=O)CCC(=O)c1ccc2c(c1)SC(F)(F)C(F)(F)O2. The maximum absolute atomic E-state index is 13.4. The van der Waals surface area contributed by atoms with E-state index in [1.54, 1.807) is 73.7 Å². The van der Waals surface area contributed by atoms with E-state index in [-0.39, 0.29) is 123 Å². The second-order valence-electron chi connectivity index (χ2n) is 18.3. The van der Waals surface area contributed by atoms with Crippen LogP contribution in [0.25, 0.3) is 0 Å². The standard InChI is InChI=1S/3C19H14F4O3S/c1-11-2-4-12(5-3-11)14(24)7-8-15(25)13-6-9-16-17(10-13)27-19(22,23)18(20,21)26-16;1-11-3-2-4-12(9-11)14(24)6-7-15(25)13-5-8-16-17(10-13)27-19(22,23)18(20,21)26-16;1-11-4-2-3-5-13(11)15(25)8-7-14(24)12-6-9-16-17(10-12)27-19(22,23)18(20,21)26-16/h2-6,9-10H,7-8H2,1H3;2-5,8-10H,6-7H2,1H3;2-6,9-10H,7-8H2,1H3. The molecule has 9 nitrogen and oxygen atoms in total. The second-order valence-corrected chi connectivity index (χ2v) is 21.8. The summed E-state index contributed by atoms with van der Waals surface area (Å²) in [6.45, 7) is 5.51. The van der Waals surface area contributed by atoms with Gasteiger partial charge in [-0.2, -0.15) is 52.7 Å². The largest absolute Gasteiger partial charge is 0.475 e. The van der Waals surface area contributed by atoms with E-state index in [0.29, 0.717) is 16.7 Å². The molecule has 0 N–H and O–H groups in total. The summed E-state index contributed by atoms with van der Waals surface area (Å²) in [6.07, 6.45) is -14.4. The van der Waals surface area contributed by atoms with Crippen LogP contribution in [-0.4, -0.2) is 68.8 Å². The third-order valence-corrected chi connectivity index (χ3v) is 15.2. The Morgan fingerprint density at radius 2 is 0.667 bits per heavy atom. The molecule has 0 saturated carbocycles. The average Bonchev–Trinajstić information content (AvgIpc) is 3.50. The molecule has 6 aromatic rings. The van der Waals surface area contributed by atoms with Crippen LogP contribution in [0, 0.1) is 20.8 Å². The summed E-state index contributed by atoms with van der Waals surface area (Å²) in [7, 11) is 0. The van der Waals surface area contributed by atoms with Gasteiger partial charge in [0.15, 0.2) is 34.7 Å². The van der Waals surface area contributed by atoms with Crippen LogP contribution in [0.3, 0.4) is 0 Å². The number of hydrogen-bond acceptors (Lipinski definition) is 12. The molecule has 0 radical (unpaired) electrons. The number of aryl methyl sites for hydroxylation is 3. The van der Waals surface area contributed by atoms with Gasteiger partial charge in [0.05, 0.1) is 14.7 Å². The van der Waals surface area contributed by atoms with Crippen molar-refractivity contribution < 1.29 is 95.7 Å². The number of hydrogen-bond donors (Lipinski definition) is 0. The lowest BCUT2D eigenvalue weighted by Gasteiger charge is -2.31. The molecule has 3 aliphatic heterocycles. The van der Waals surface area contributed by atoms with Crippen molar-refractivity contribution in [1.29, 1.82) is 0 Å². The third kappa shape index (κ3) is 14.5. The lowest BCUT2D eigenvalue weighted by molar-refractivity contribution is -0.273. The van der Waals surface area contributed by atoms with Gasteiger partial charge in [0, 0.05) is 71.9 Å². The van der Waals surface area contributed by atoms with Gasteiger partial charge in [-0.05, 0) is 122 Å². The number of fused-ring (bicyclic) bond motifs is 3. The number of carbonyl (C=O) groups excluding carboxylic acids is 6. The highest BCUT2D eigenvalue weighted by atomic mass is 32.2. The summed E-state index contributed by atoms with van der Waals surface area (Å²) in [5.74, 6) is -3.21. The van der Waals surface area contributed by atoms with Gasteiger partial charge in [-0.3, -0.25) is 28.8 Å². The van der Waals surface area contributed by atoms with E-state index in [2.05, 4.69) is 14.2 Å². The molecule has 0 saturated heterocycles. The summed E-state index contributed by atoms with van der Waals surface area (Å²) < 4.78 is 172. The Labute approximate surface area is 466 Å². The summed E-state index contributed by atoms with van der Waals surface area (Å²) in [4.78, 5) is 72.6. The number of rotatable bonds is 15. The van der Waals surface area contributed by atoms with Gasteiger partial charge in [0.25, 0.3) is 0 Å². The van der Waals surface area contributed by atoms with Crippen molar-refractivity contribution in [2.24, 2.45) is 0 Å². The lowest BCUT2D eigenvalue weighted by Crippen LogP contribution is -2.45. The first-order valence-corrected chi connectivity index (χ1v) is 26.4. The van der Waals surface area contributed by atoms with Crippen molar-refractivity contribution in [3.05, 3.63) is 177 Å². The molecule has 3 aliphatic rings. The van der Waals surface area contributed by atoms with Crippen LogP contribution >= 0.6 is 35.3 Å². The van der Waals surface area contributed by atoms with Crippen molar-refractivity contribution in [3.8, 4) is 17.2 Å². The van der Waals surface area contributed by atoms with Crippen molar-refractivity contribution in [2.75, 3.05) is 0 Å². The minimum atomic E-state index is -4.63. The van der Waals surface area contributed by atoms with Gasteiger partial charge in [-0.25, -0.2) is 0 Å². The Kier molecular flexibility index (Phi) is 18.4. The van der Waals surface area contributed by atoms with E-state index in [4.69, 9.17) is 0 Å². The van der Waals surface area contributed by atoms with E-state index in [0.717, 1.165) is 53.1 Å². The molecule has 0 aromatic heterocycles. The van der Waals surface area contributed by atoms with Crippen molar-refractivity contribution in [1.82, 2.24) is 0 Å². The Balaban J connectivity index is 0.000000175. The molecule has 0 atom stereocenters. The van der Waals surface area contributed by atoms with Gasteiger partial charge < -0.3 is 14.2 Å². The predicted octanol–water partition coefficient (Wildman–Crippen LogP) is 16.5. The van der Waals surface area contributed by atoms with Crippen molar-refractivity contribution in [2.45, 2.75) is 108 Å². The van der Waals surface area contributed by atoms with Crippen molar-refractivity contribution in [3.63, 3.8) is 0 Å². The molecule has 0 bridgehead atoms. The minimum absolute atomic E-state index is 0.0430. The Hall–Kier alpha value is -7.05. The van der Waals surface area contributed by atoms with E-state index in [1.165, 1.54) is 18.2 Å². The normalized spacial score (nSPS) is 16.9. The monoisotopic (exact) mass is 1190 g/mol. The number of ether oxygens (including phenoxy) is 3. The first-order valence-electron chi connectivity index (χ1n) is 24.0. The Bertz CT molecular complexity index is 3430. The van der Waals surface area contributed by atoms with Gasteiger partial charge in [-0.15, -0.1) is 0 Å². The number of thioether (sulfide) groups is 3. The topological polar surface area (TPSA) is 130 Å². The van der Waals surface area contributed by atoms with Crippen LogP contribution in [0.4, 0.5) is 52.7 Å². The molecule has 3 heterocycles. The molecule has 0 unspecified atom stereocenters. The molecule has 0 amide bonds. The van der Waals surface area contributed by atoms with E-state index >= 15 is 0 Å². The zero-order chi connectivity index (χ0) is 59.5. The first-order chi connectivity index (χ1) is 37.8. The fourth-order valence-corrected chi connectivity index (χ4v) is 10.2. The minimum Gasteiger partial charge on any atom is -0.426 e. The van der Waals surface area contributed by atoms with E-state index in [9.17, 15) is 81.5 Å². The van der Waals surface area contributed by atoms with Crippen LogP contribution in [0.5, 0.6) is 17.2 Å². The molecule has 0 fully saturated rings. The van der Waals surface area contributed by atoms with Gasteiger partial charge in [0.2, 0.25) is 0 Å². The fraction of sp³-hybridized carbons (Fsp3) is 0.263. The maximum Gasteiger partial charge on any atom is 0.475 e. The summed E-state index contributed by atoms with van der Waals surface area (Å²) >= 11 is -1.06. The molecular formula is C57H42F12O9S3. The Morgan fingerprint density at radius 3 is 1.02 bits per heavy atom. The predicted molar refractivity (Wildman–Crippen MR) is 276 cm³/mol.